The minimum Gasteiger partial charge on any atom is -0.388 e. The molecule has 3 rings (SSSR count). The molecule has 0 fully saturated rings. The molecular weight excluding hydrogens is 262 g/mol. The highest BCUT2D eigenvalue weighted by Gasteiger charge is 2.14. The summed E-state index contributed by atoms with van der Waals surface area (Å²) >= 11 is 0. The summed E-state index contributed by atoms with van der Waals surface area (Å²) in [5, 5.41) is 6.73. The molecule has 21 heavy (non-hydrogen) atoms. The molecule has 1 aromatic heterocycles. The van der Waals surface area contributed by atoms with Crippen LogP contribution in [0.4, 0.5) is 11.4 Å². The number of fused-ring (bicyclic) bond motifs is 4. The molecule has 2 bridgehead atoms. The predicted molar refractivity (Wildman–Crippen MR) is 87.5 cm³/mol. The summed E-state index contributed by atoms with van der Waals surface area (Å²) < 4.78 is 0. The lowest BCUT2D eigenvalue weighted by atomic mass is 10.1. The van der Waals surface area contributed by atoms with E-state index < -0.39 is 0 Å². The summed E-state index contributed by atoms with van der Waals surface area (Å²) in [4.78, 5) is 7.84. The van der Waals surface area contributed by atoms with E-state index in [0.29, 0.717) is 0 Å². The Bertz CT molecular complexity index is 604. The van der Waals surface area contributed by atoms with Gasteiger partial charge in [-0.2, -0.15) is 0 Å². The molecule has 1 aliphatic rings. The van der Waals surface area contributed by atoms with Crippen molar-refractivity contribution < 1.29 is 0 Å². The smallest absolute Gasteiger partial charge is 0.123 e. The van der Waals surface area contributed by atoms with Gasteiger partial charge in [0.25, 0.3) is 0 Å². The van der Waals surface area contributed by atoms with Gasteiger partial charge in [0.1, 0.15) is 5.82 Å². The monoisotopic (exact) mass is 285 g/mol. The molecule has 0 amide bonds. The molecule has 0 unspecified atom stereocenters. The molecule has 2 heterocycles. The van der Waals surface area contributed by atoms with Crippen molar-refractivity contribution in [2.45, 2.75) is 31.7 Å². The Kier molecular flexibility index (Phi) is 4.10. The fourth-order valence-electron chi connectivity index (χ4n) is 2.77. The van der Waals surface area contributed by atoms with Crippen molar-refractivity contribution in [1.29, 1.82) is 0 Å². The van der Waals surface area contributed by atoms with Crippen molar-refractivity contribution in [2.75, 3.05) is 24.2 Å². The number of hydrogen-bond donors (Lipinski definition) is 4. The average Bonchev–Trinajstić information content (AvgIpc) is 2.99. The van der Waals surface area contributed by atoms with Crippen LogP contribution in [0.3, 0.4) is 0 Å². The summed E-state index contributed by atoms with van der Waals surface area (Å²) in [5.41, 5.74) is 10.6. The van der Waals surface area contributed by atoms with Crippen LogP contribution >= 0.6 is 0 Å². The minimum atomic E-state index is 0.00571. The van der Waals surface area contributed by atoms with Crippen LogP contribution < -0.4 is 16.4 Å². The summed E-state index contributed by atoms with van der Waals surface area (Å²) in [5.74, 6) is 0.884. The van der Waals surface area contributed by atoms with Crippen LogP contribution in [0.25, 0.3) is 11.3 Å². The molecule has 5 nitrogen and oxygen atoms in total. The van der Waals surface area contributed by atoms with Gasteiger partial charge < -0.3 is 21.4 Å². The number of anilines is 2. The van der Waals surface area contributed by atoms with Gasteiger partial charge in [-0.05, 0) is 31.0 Å². The lowest BCUT2D eigenvalue weighted by molar-refractivity contribution is 0.558. The maximum absolute atomic E-state index is 6.21. The third-order valence-corrected chi connectivity index (χ3v) is 4.05. The van der Waals surface area contributed by atoms with Gasteiger partial charge in [-0.15, -0.1) is 0 Å². The van der Waals surface area contributed by atoms with Gasteiger partial charge in [0.15, 0.2) is 0 Å². The Balaban J connectivity index is 2.01. The van der Waals surface area contributed by atoms with Crippen LogP contribution in [0.1, 0.15) is 37.5 Å². The molecule has 1 aromatic carbocycles. The third-order valence-electron chi connectivity index (χ3n) is 4.05. The van der Waals surface area contributed by atoms with Gasteiger partial charge in [0.05, 0.1) is 17.9 Å². The van der Waals surface area contributed by atoms with Crippen molar-refractivity contribution in [3.63, 3.8) is 0 Å². The SMILES string of the molecule is CNc1ccc2c(c1)NCCCCC[C@H](N)c1ncc-2[nH]1. The maximum atomic E-state index is 6.21. The van der Waals surface area contributed by atoms with Gasteiger partial charge in [0, 0.05) is 30.5 Å². The van der Waals surface area contributed by atoms with Gasteiger partial charge in [-0.1, -0.05) is 12.8 Å². The van der Waals surface area contributed by atoms with E-state index in [9.17, 15) is 0 Å². The first-order valence-electron chi connectivity index (χ1n) is 7.64. The molecule has 0 spiro atoms. The number of nitrogens with zero attached hydrogens (tertiary/aromatic N) is 1. The average molecular weight is 285 g/mol. The largest absolute Gasteiger partial charge is 0.388 e. The van der Waals surface area contributed by atoms with Crippen LogP contribution in [-0.4, -0.2) is 23.6 Å². The second-order valence-corrected chi connectivity index (χ2v) is 5.58. The number of aromatic nitrogens is 2. The summed E-state index contributed by atoms with van der Waals surface area (Å²) in [6.07, 6.45) is 6.36. The van der Waals surface area contributed by atoms with E-state index in [4.69, 9.17) is 5.73 Å². The van der Waals surface area contributed by atoms with Crippen molar-refractivity contribution in [3.8, 4) is 11.3 Å². The van der Waals surface area contributed by atoms with Gasteiger partial charge in [-0.25, -0.2) is 4.98 Å². The van der Waals surface area contributed by atoms with Crippen LogP contribution in [0.15, 0.2) is 24.4 Å². The highest BCUT2D eigenvalue weighted by Crippen LogP contribution is 2.31. The highest BCUT2D eigenvalue weighted by molar-refractivity contribution is 5.78. The maximum Gasteiger partial charge on any atom is 0.123 e. The van der Waals surface area contributed by atoms with Crippen molar-refractivity contribution >= 4 is 11.4 Å². The number of nitrogens with one attached hydrogen (secondary N) is 3. The molecule has 2 aromatic rings. The Morgan fingerprint density at radius 2 is 2.19 bits per heavy atom. The van der Waals surface area contributed by atoms with E-state index in [1.54, 1.807) is 0 Å². The van der Waals surface area contributed by atoms with Crippen LogP contribution in [0, 0.1) is 0 Å². The number of nitrogens with two attached hydrogens (primary N) is 1. The lowest BCUT2D eigenvalue weighted by Crippen LogP contribution is -2.12. The summed E-state index contributed by atoms with van der Waals surface area (Å²) in [7, 11) is 1.93. The fraction of sp³-hybridized carbons (Fsp3) is 0.438. The van der Waals surface area contributed by atoms with E-state index in [0.717, 1.165) is 54.3 Å². The quantitative estimate of drug-likeness (QED) is 0.649. The molecule has 1 aliphatic heterocycles. The number of benzene rings is 1. The second-order valence-electron chi connectivity index (χ2n) is 5.58. The number of aromatic amines is 1. The lowest BCUT2D eigenvalue weighted by Gasteiger charge is -2.15. The van der Waals surface area contributed by atoms with Crippen LogP contribution in [-0.2, 0) is 0 Å². The van der Waals surface area contributed by atoms with Crippen LogP contribution in [0.5, 0.6) is 0 Å². The molecule has 0 aliphatic carbocycles. The molecular formula is C16H23N5. The first kappa shape index (κ1) is 13.9. The fourth-order valence-corrected chi connectivity index (χ4v) is 2.77. The van der Waals surface area contributed by atoms with Crippen molar-refractivity contribution in [3.05, 3.63) is 30.2 Å². The molecule has 0 saturated carbocycles. The summed E-state index contributed by atoms with van der Waals surface area (Å²) in [6, 6.07) is 6.34. The number of imidazole rings is 1. The summed E-state index contributed by atoms with van der Waals surface area (Å²) in [6.45, 7) is 0.983. The van der Waals surface area contributed by atoms with Gasteiger partial charge in [0.2, 0.25) is 0 Å². The first-order valence-corrected chi connectivity index (χ1v) is 7.64. The standard InChI is InChI=1S/C16H23N5/c1-18-11-6-7-12-14(9-11)19-8-4-2-3-5-13(17)16-20-10-15(12)21-16/h6-7,9-10,13,18-19H,2-5,8,17H2,1H3,(H,20,21)/t13-/m0/s1. The van der Waals surface area contributed by atoms with Crippen molar-refractivity contribution in [1.82, 2.24) is 9.97 Å². The minimum absolute atomic E-state index is 0.00571. The zero-order chi connectivity index (χ0) is 14.7. The number of hydrogen-bond acceptors (Lipinski definition) is 4. The third kappa shape index (κ3) is 3.03. The number of rotatable bonds is 1. The first-order chi connectivity index (χ1) is 10.3. The number of H-pyrrole nitrogens is 1. The highest BCUT2D eigenvalue weighted by atomic mass is 15.0. The molecule has 5 N–H and O–H groups in total. The molecule has 0 radical (unpaired) electrons. The molecule has 112 valence electrons. The molecule has 0 saturated heterocycles. The van der Waals surface area contributed by atoms with Crippen LogP contribution in [0.2, 0.25) is 0 Å². The van der Waals surface area contributed by atoms with E-state index >= 15 is 0 Å². The molecule has 1 atom stereocenters. The second kappa shape index (κ2) is 6.18. The zero-order valence-electron chi connectivity index (χ0n) is 12.4. The predicted octanol–water partition coefficient (Wildman–Crippen LogP) is 3.10. The van der Waals surface area contributed by atoms with E-state index in [1.165, 1.54) is 6.42 Å². The van der Waals surface area contributed by atoms with Gasteiger partial charge >= 0.3 is 0 Å². The van der Waals surface area contributed by atoms with E-state index in [1.807, 2.05) is 13.2 Å². The molecule has 5 heteroatoms. The van der Waals surface area contributed by atoms with Crippen molar-refractivity contribution in [2.24, 2.45) is 5.73 Å². The Morgan fingerprint density at radius 1 is 1.29 bits per heavy atom. The van der Waals surface area contributed by atoms with E-state index in [2.05, 4.69) is 38.8 Å². The Hall–Kier alpha value is -2.01. The normalized spacial score (nSPS) is 18.9. The van der Waals surface area contributed by atoms with Gasteiger partial charge in [-0.3, -0.25) is 0 Å². The Labute approximate surface area is 125 Å². The topological polar surface area (TPSA) is 78.8 Å². The zero-order valence-corrected chi connectivity index (χ0v) is 12.4. The Morgan fingerprint density at radius 3 is 3.05 bits per heavy atom. The van der Waals surface area contributed by atoms with E-state index in [-0.39, 0.29) is 6.04 Å².